The Morgan fingerprint density at radius 2 is 1.85 bits per heavy atom. The molecule has 7 N–H and O–H groups in total. The maximum atomic E-state index is 13.3. The summed E-state index contributed by atoms with van der Waals surface area (Å²) in [6.45, 7) is -0.463. The summed E-state index contributed by atoms with van der Waals surface area (Å²) >= 11 is 0. The number of carbonyl (C=O) groups excluding carboxylic acids is 5. The number of nitrogens with one attached hydrogen (secondary N) is 5. The van der Waals surface area contributed by atoms with Crippen LogP contribution in [0.25, 0.3) is 0 Å². The molecular formula is C27H35N6O14P. The Bertz CT molecular complexity index is 1630. The Kier molecular flexibility index (Phi) is 13.6. The van der Waals surface area contributed by atoms with Crippen molar-refractivity contribution in [3.05, 3.63) is 68.5 Å². The summed E-state index contributed by atoms with van der Waals surface area (Å²) in [6, 6.07) is 5.95. The van der Waals surface area contributed by atoms with Crippen molar-refractivity contribution in [3.63, 3.8) is 0 Å². The number of ether oxygens (including phenoxy) is 3. The number of nitrogens with zero attached hydrogens (tertiary/aromatic N) is 1. The number of amides is 4. The third-order valence-electron chi connectivity index (χ3n) is 6.84. The lowest BCUT2D eigenvalue weighted by Gasteiger charge is -2.23. The molecule has 1 aliphatic rings. The second kappa shape index (κ2) is 17.3. The van der Waals surface area contributed by atoms with Gasteiger partial charge in [0, 0.05) is 24.6 Å². The molecule has 0 spiro atoms. The van der Waals surface area contributed by atoms with E-state index in [4.69, 9.17) is 24.0 Å². The predicted molar refractivity (Wildman–Crippen MR) is 161 cm³/mol. The minimum absolute atomic E-state index is 0.0287. The van der Waals surface area contributed by atoms with E-state index < -0.39 is 93.2 Å². The van der Waals surface area contributed by atoms with Crippen LogP contribution in [0.2, 0.25) is 0 Å². The second-order valence-corrected chi connectivity index (χ2v) is 11.6. The molecule has 1 fully saturated rings. The highest BCUT2D eigenvalue weighted by Gasteiger charge is 2.41. The van der Waals surface area contributed by atoms with Gasteiger partial charge in [-0.15, -0.1) is 0 Å². The summed E-state index contributed by atoms with van der Waals surface area (Å²) in [4.78, 5) is 106. The van der Waals surface area contributed by atoms with Gasteiger partial charge < -0.3 is 45.3 Å². The Hall–Kier alpha value is -4.88. The first kappa shape index (κ1) is 37.6. The van der Waals surface area contributed by atoms with Crippen molar-refractivity contribution in [3.8, 4) is 0 Å². The molecule has 1 aliphatic heterocycles. The zero-order valence-corrected chi connectivity index (χ0v) is 26.5. The second-order valence-electron chi connectivity index (χ2n) is 10.3. The summed E-state index contributed by atoms with van der Waals surface area (Å²) < 4.78 is 32.7. The largest absolute Gasteiger partial charge is 0.469 e. The zero-order chi connectivity index (χ0) is 35.4. The Labute approximate surface area is 271 Å². The minimum atomic E-state index is -4.99. The summed E-state index contributed by atoms with van der Waals surface area (Å²) in [5, 5.41) is 9.21. The van der Waals surface area contributed by atoms with Crippen LogP contribution in [0.5, 0.6) is 0 Å². The van der Waals surface area contributed by atoms with Crippen molar-refractivity contribution >= 4 is 38.1 Å². The van der Waals surface area contributed by atoms with E-state index in [-0.39, 0.29) is 24.8 Å². The van der Waals surface area contributed by atoms with Gasteiger partial charge in [-0.1, -0.05) is 30.3 Å². The normalized spacial score (nSPS) is 18.5. The average molecular weight is 699 g/mol. The average Bonchev–Trinajstić information content (AvgIpc) is 3.43. The number of alkyl carbamates (subject to hydrolysis) is 1. The number of benzene rings is 1. The first-order valence-electron chi connectivity index (χ1n) is 14.2. The van der Waals surface area contributed by atoms with Crippen LogP contribution in [-0.4, -0.2) is 101 Å². The molecule has 0 unspecified atom stereocenters. The summed E-state index contributed by atoms with van der Waals surface area (Å²) in [7, 11) is -3.87. The van der Waals surface area contributed by atoms with Crippen LogP contribution in [0.1, 0.15) is 23.8 Å². The third-order valence-corrected chi connectivity index (χ3v) is 7.32. The summed E-state index contributed by atoms with van der Waals surface area (Å²) in [5.41, 5.74) is -0.675. The molecule has 1 saturated heterocycles. The van der Waals surface area contributed by atoms with Crippen molar-refractivity contribution in [1.29, 1.82) is 0 Å². The molecule has 2 aromatic rings. The lowest BCUT2D eigenvalue weighted by atomic mass is 10.1. The number of methoxy groups -OCH3 is 1. The SMILES string of the molecule is COC(=O)[C@H](Cc1ccccc1)NC(=O)[C@H](CNC(=O)O[C@H]1C[C@H](n2cc(C)c(=O)[nH]c2=O)O[C@@H]1COP(=O)(O)O)NC(=O)CNC=O. The molecule has 48 heavy (non-hydrogen) atoms. The van der Waals surface area contributed by atoms with Crippen LogP contribution in [0.4, 0.5) is 4.79 Å². The fourth-order valence-corrected chi connectivity index (χ4v) is 4.87. The highest BCUT2D eigenvalue weighted by molar-refractivity contribution is 7.46. The Balaban J connectivity index is 1.74. The van der Waals surface area contributed by atoms with E-state index in [0.29, 0.717) is 5.56 Å². The number of hydrogen-bond acceptors (Lipinski definition) is 12. The summed E-state index contributed by atoms with van der Waals surface area (Å²) in [5.74, 6) is -2.52. The molecule has 1 aromatic carbocycles. The number of H-pyrrole nitrogens is 1. The molecule has 1 aromatic heterocycles. The third kappa shape index (κ3) is 11.4. The van der Waals surface area contributed by atoms with E-state index in [1.807, 2.05) is 0 Å². The number of carbonyl (C=O) groups is 5. The van der Waals surface area contributed by atoms with Gasteiger partial charge in [0.2, 0.25) is 18.2 Å². The fourth-order valence-electron chi connectivity index (χ4n) is 4.53. The minimum Gasteiger partial charge on any atom is -0.467 e. The van der Waals surface area contributed by atoms with Crippen LogP contribution in [0.15, 0.2) is 46.1 Å². The summed E-state index contributed by atoms with van der Waals surface area (Å²) in [6.07, 6.45) is -3.66. The quantitative estimate of drug-likeness (QED) is 0.0541. The molecule has 0 aliphatic carbocycles. The van der Waals surface area contributed by atoms with Crippen LogP contribution < -0.4 is 32.5 Å². The fraction of sp³-hybridized carbons (Fsp3) is 0.444. The lowest BCUT2D eigenvalue weighted by Crippen LogP contribution is -2.57. The molecule has 0 bridgehead atoms. The topological polar surface area (TPSA) is 283 Å². The number of aryl methyl sites for hydroxylation is 1. The van der Waals surface area contributed by atoms with Gasteiger partial charge in [0.05, 0.1) is 26.8 Å². The van der Waals surface area contributed by atoms with Crippen molar-refractivity contribution < 1.29 is 57.1 Å². The van der Waals surface area contributed by atoms with Gasteiger partial charge in [-0.3, -0.25) is 33.3 Å². The van der Waals surface area contributed by atoms with Crippen molar-refractivity contribution in [2.24, 2.45) is 0 Å². The predicted octanol–water partition coefficient (Wildman–Crippen LogP) is -2.53. The molecule has 4 amide bonds. The van der Waals surface area contributed by atoms with Crippen LogP contribution in [-0.2, 0) is 48.9 Å². The lowest BCUT2D eigenvalue weighted by molar-refractivity contribution is -0.145. The first-order valence-corrected chi connectivity index (χ1v) is 15.7. The molecule has 0 saturated carbocycles. The first-order chi connectivity index (χ1) is 22.7. The standard InChI is InChI=1S/C27H35N6O14P/c1-15-12-33(26(39)32-23(15)36)22-9-19(20(46-22)13-45-48(41,42)43)47-27(40)29-10-18(30-21(35)11-28-14-34)24(37)31-17(25(38)44-2)8-16-6-4-3-5-7-16/h3-7,12,14,17-20,22H,8-11,13H2,1-2H3,(H,28,34)(H,29,40)(H,30,35)(H,31,37)(H,32,36,39)(H2,41,42,43)/t17-,18-,19-,20+,22+/m0/s1. The number of rotatable bonds is 16. The van der Waals surface area contributed by atoms with E-state index in [1.165, 1.54) is 13.1 Å². The van der Waals surface area contributed by atoms with Gasteiger partial charge in [-0.2, -0.15) is 0 Å². The van der Waals surface area contributed by atoms with E-state index in [9.17, 15) is 38.1 Å². The number of aromatic nitrogens is 2. The molecule has 21 heteroatoms. The van der Waals surface area contributed by atoms with Crippen LogP contribution >= 0.6 is 7.82 Å². The Morgan fingerprint density at radius 1 is 1.15 bits per heavy atom. The maximum Gasteiger partial charge on any atom is 0.469 e. The van der Waals surface area contributed by atoms with E-state index in [1.54, 1.807) is 30.3 Å². The number of phosphoric ester groups is 1. The molecule has 5 atom stereocenters. The van der Waals surface area contributed by atoms with Crippen molar-refractivity contribution in [2.45, 2.75) is 50.3 Å². The number of esters is 1. The highest BCUT2D eigenvalue weighted by Crippen LogP contribution is 2.38. The van der Waals surface area contributed by atoms with Crippen LogP contribution in [0.3, 0.4) is 0 Å². The van der Waals surface area contributed by atoms with Gasteiger partial charge in [-0.25, -0.2) is 18.9 Å². The van der Waals surface area contributed by atoms with Gasteiger partial charge in [-0.05, 0) is 12.5 Å². The molecule has 20 nitrogen and oxygen atoms in total. The van der Waals surface area contributed by atoms with E-state index >= 15 is 0 Å². The van der Waals surface area contributed by atoms with E-state index in [0.717, 1.165) is 11.7 Å². The number of hydrogen-bond donors (Lipinski definition) is 7. The van der Waals surface area contributed by atoms with E-state index in [2.05, 4.69) is 30.8 Å². The smallest absolute Gasteiger partial charge is 0.467 e. The molecule has 262 valence electrons. The van der Waals surface area contributed by atoms with Crippen LogP contribution in [0, 0.1) is 6.92 Å². The molecule has 2 heterocycles. The van der Waals surface area contributed by atoms with Gasteiger partial charge >= 0.3 is 25.6 Å². The number of phosphoric acid groups is 1. The molecular weight excluding hydrogens is 663 g/mol. The highest BCUT2D eigenvalue weighted by atomic mass is 31.2. The zero-order valence-electron chi connectivity index (χ0n) is 25.7. The Morgan fingerprint density at radius 3 is 2.50 bits per heavy atom. The monoisotopic (exact) mass is 698 g/mol. The van der Waals surface area contributed by atoms with Gasteiger partial charge in [0.15, 0.2) is 0 Å². The van der Waals surface area contributed by atoms with Crippen molar-refractivity contribution in [1.82, 2.24) is 30.8 Å². The number of aromatic amines is 1. The van der Waals surface area contributed by atoms with Gasteiger partial charge in [0.1, 0.15) is 30.5 Å². The van der Waals surface area contributed by atoms with Crippen molar-refractivity contribution in [2.75, 3.05) is 26.8 Å². The van der Waals surface area contributed by atoms with Gasteiger partial charge in [0.25, 0.3) is 5.56 Å². The maximum absolute atomic E-state index is 13.3. The molecule has 0 radical (unpaired) electrons. The molecule has 3 rings (SSSR count).